The van der Waals surface area contributed by atoms with E-state index in [-0.39, 0.29) is 43.0 Å². The maximum Gasteiger partial charge on any atom is 0.329 e. The van der Waals surface area contributed by atoms with Gasteiger partial charge in [-0.1, -0.05) is 51.0 Å². The quantitative estimate of drug-likeness (QED) is 0.189. The highest BCUT2D eigenvalue weighted by atomic mass is 16.5. The average Bonchev–Trinajstić information content (AvgIpc) is 3.48. The molecule has 0 saturated carbocycles. The van der Waals surface area contributed by atoms with Crippen molar-refractivity contribution in [2.75, 3.05) is 19.7 Å². The second kappa shape index (κ2) is 15.8. The van der Waals surface area contributed by atoms with E-state index in [9.17, 15) is 14.4 Å². The van der Waals surface area contributed by atoms with Gasteiger partial charge in [0, 0.05) is 62.0 Å². The van der Waals surface area contributed by atoms with Crippen molar-refractivity contribution in [1.29, 1.82) is 0 Å². The third kappa shape index (κ3) is 8.58. The third-order valence-electron chi connectivity index (χ3n) is 8.47. The molecule has 3 aromatic heterocycles. The molecule has 2 N–H and O–H groups in total. The van der Waals surface area contributed by atoms with Crippen LogP contribution in [0.3, 0.4) is 0 Å². The highest BCUT2D eigenvalue weighted by Gasteiger charge is 2.31. The molecule has 3 amide bonds. The first-order chi connectivity index (χ1) is 22.7. The number of aromatic nitrogens is 3. The normalized spacial score (nSPS) is 14.9. The molecule has 1 saturated heterocycles. The van der Waals surface area contributed by atoms with E-state index in [1.54, 1.807) is 25.3 Å². The number of para-hydroxylation sites is 1. The molecule has 4 aromatic rings. The number of fused-ring (bicyclic) bond motifs is 1. The molecule has 0 unspecified atom stereocenters. The van der Waals surface area contributed by atoms with E-state index in [1.165, 1.54) is 0 Å². The number of hydrogen-bond donors (Lipinski definition) is 2. The van der Waals surface area contributed by atoms with Gasteiger partial charge in [-0.2, -0.15) is 0 Å². The Balaban J connectivity index is 1.49. The number of oxazole rings is 1. The maximum atomic E-state index is 14.0. The van der Waals surface area contributed by atoms with Gasteiger partial charge in [0.15, 0.2) is 5.69 Å². The fourth-order valence-corrected chi connectivity index (χ4v) is 6.15. The van der Waals surface area contributed by atoms with E-state index in [0.29, 0.717) is 31.0 Å². The Hall–Kier alpha value is -4.67. The van der Waals surface area contributed by atoms with Crippen LogP contribution in [0, 0.1) is 5.92 Å². The molecule has 0 spiro atoms. The summed E-state index contributed by atoms with van der Waals surface area (Å²) in [6.07, 6.45) is 8.84. The van der Waals surface area contributed by atoms with E-state index >= 15 is 0 Å². The first-order valence-electron chi connectivity index (χ1n) is 16.7. The number of hydrogen-bond acceptors (Lipinski definition) is 7. The van der Waals surface area contributed by atoms with Crippen molar-refractivity contribution in [3.63, 3.8) is 0 Å². The Labute approximate surface area is 276 Å². The molecule has 1 aromatic carbocycles. The Morgan fingerprint density at radius 2 is 1.74 bits per heavy atom. The standard InChI is InChI=1S/C36H46N6O5/c1-5-46-35(44)29(22-26-14-10-11-17-37-26)38-33(43)32-31(21-25-23-41(4)30-16-9-8-15-27(25)30)47-34(40-32)28(20-24(2)3)39-36(45)42-18-12-6-7-13-19-42/h8-11,14-17,23-24,28-29H,5-7,12-13,18-22H2,1-4H3,(H,38,43)(H,39,45)/t28-,29+/m0/s1. The molecule has 2 atom stereocenters. The van der Waals surface area contributed by atoms with E-state index in [1.807, 2.05) is 53.0 Å². The topological polar surface area (TPSA) is 132 Å². The second-order valence-corrected chi connectivity index (χ2v) is 12.6. The predicted molar refractivity (Wildman–Crippen MR) is 179 cm³/mol. The van der Waals surface area contributed by atoms with Crippen molar-refractivity contribution in [3.8, 4) is 0 Å². The van der Waals surface area contributed by atoms with Crippen LogP contribution in [-0.2, 0) is 29.4 Å². The highest BCUT2D eigenvalue weighted by molar-refractivity contribution is 5.96. The van der Waals surface area contributed by atoms with Crippen molar-refractivity contribution >= 4 is 28.8 Å². The number of benzene rings is 1. The van der Waals surface area contributed by atoms with Gasteiger partial charge >= 0.3 is 12.0 Å². The summed E-state index contributed by atoms with van der Waals surface area (Å²) in [7, 11) is 1.98. The highest BCUT2D eigenvalue weighted by Crippen LogP contribution is 2.29. The number of pyridine rings is 1. The Bertz CT molecular complexity index is 1650. The molecule has 11 nitrogen and oxygen atoms in total. The lowest BCUT2D eigenvalue weighted by Gasteiger charge is -2.25. The van der Waals surface area contributed by atoms with Gasteiger partial charge in [-0.3, -0.25) is 9.78 Å². The summed E-state index contributed by atoms with van der Waals surface area (Å²) in [6, 6.07) is 11.7. The zero-order valence-electron chi connectivity index (χ0n) is 27.8. The van der Waals surface area contributed by atoms with Crippen LogP contribution in [0.4, 0.5) is 4.79 Å². The van der Waals surface area contributed by atoms with Gasteiger partial charge in [0.25, 0.3) is 5.91 Å². The van der Waals surface area contributed by atoms with Gasteiger partial charge in [0.2, 0.25) is 5.89 Å². The largest absolute Gasteiger partial charge is 0.464 e. The van der Waals surface area contributed by atoms with Crippen molar-refractivity contribution in [2.45, 2.75) is 77.8 Å². The number of nitrogens with one attached hydrogen (secondary N) is 2. The Kier molecular flexibility index (Phi) is 11.3. The number of ether oxygens (including phenoxy) is 1. The third-order valence-corrected chi connectivity index (χ3v) is 8.47. The molecular weight excluding hydrogens is 596 g/mol. The van der Waals surface area contributed by atoms with Gasteiger partial charge in [-0.15, -0.1) is 0 Å². The van der Waals surface area contributed by atoms with Crippen molar-refractivity contribution < 1.29 is 23.5 Å². The average molecular weight is 643 g/mol. The maximum absolute atomic E-state index is 14.0. The number of amides is 3. The number of rotatable bonds is 12. The molecule has 11 heteroatoms. The fourth-order valence-electron chi connectivity index (χ4n) is 6.15. The number of carbonyl (C=O) groups excluding carboxylic acids is 3. The molecule has 1 aliphatic heterocycles. The molecule has 1 fully saturated rings. The van der Waals surface area contributed by atoms with E-state index < -0.39 is 24.0 Å². The first-order valence-corrected chi connectivity index (χ1v) is 16.7. The van der Waals surface area contributed by atoms with Crippen molar-refractivity contribution in [3.05, 3.63) is 83.5 Å². The predicted octanol–water partition coefficient (Wildman–Crippen LogP) is 5.73. The van der Waals surface area contributed by atoms with Crippen LogP contribution < -0.4 is 10.6 Å². The fraction of sp³-hybridized carbons (Fsp3) is 0.472. The molecule has 250 valence electrons. The van der Waals surface area contributed by atoms with Crippen LogP contribution in [0.5, 0.6) is 0 Å². The van der Waals surface area contributed by atoms with Crippen LogP contribution in [0.15, 0.2) is 59.3 Å². The van der Waals surface area contributed by atoms with Crippen LogP contribution in [-0.4, -0.2) is 63.1 Å². The van der Waals surface area contributed by atoms with Gasteiger partial charge in [0.05, 0.1) is 6.61 Å². The Morgan fingerprint density at radius 3 is 2.45 bits per heavy atom. The molecule has 47 heavy (non-hydrogen) atoms. The molecule has 1 aliphatic rings. The van der Waals surface area contributed by atoms with Crippen molar-refractivity contribution in [1.82, 2.24) is 30.1 Å². The summed E-state index contributed by atoms with van der Waals surface area (Å²) >= 11 is 0. The molecule has 5 rings (SSSR count). The second-order valence-electron chi connectivity index (χ2n) is 12.6. The molecular formula is C36H46N6O5. The van der Waals surface area contributed by atoms with Crippen LogP contribution in [0.2, 0.25) is 0 Å². The van der Waals surface area contributed by atoms with Gasteiger partial charge in [-0.05, 0) is 55.9 Å². The minimum Gasteiger partial charge on any atom is -0.464 e. The first kappa shape index (κ1) is 33.7. The SMILES string of the molecule is CCOC(=O)[C@@H](Cc1ccccn1)NC(=O)c1nc([C@H](CC(C)C)NC(=O)N2CCCCCC2)oc1Cc1cn(C)c2ccccc12. The van der Waals surface area contributed by atoms with E-state index in [2.05, 4.69) is 29.5 Å². The summed E-state index contributed by atoms with van der Waals surface area (Å²) in [5.74, 6) is -0.298. The van der Waals surface area contributed by atoms with Crippen LogP contribution in [0.25, 0.3) is 10.9 Å². The number of carbonyl (C=O) groups is 3. The zero-order chi connectivity index (χ0) is 33.3. The number of esters is 1. The van der Waals surface area contributed by atoms with Gasteiger partial charge < -0.3 is 29.3 Å². The lowest BCUT2D eigenvalue weighted by molar-refractivity contribution is -0.145. The Morgan fingerprint density at radius 1 is 1.00 bits per heavy atom. The molecule has 0 aliphatic carbocycles. The van der Waals surface area contributed by atoms with Crippen LogP contribution >= 0.6 is 0 Å². The zero-order valence-corrected chi connectivity index (χ0v) is 27.8. The molecule has 4 heterocycles. The smallest absolute Gasteiger partial charge is 0.329 e. The van der Waals surface area contributed by atoms with Crippen molar-refractivity contribution in [2.24, 2.45) is 13.0 Å². The van der Waals surface area contributed by atoms with Crippen LogP contribution in [0.1, 0.15) is 92.3 Å². The number of nitrogens with zero attached hydrogens (tertiary/aromatic N) is 4. The molecule has 0 bridgehead atoms. The number of likely N-dealkylation sites (tertiary alicyclic amines) is 1. The van der Waals surface area contributed by atoms with E-state index in [4.69, 9.17) is 14.1 Å². The summed E-state index contributed by atoms with van der Waals surface area (Å²) in [6.45, 7) is 7.44. The number of urea groups is 1. The monoisotopic (exact) mass is 642 g/mol. The summed E-state index contributed by atoms with van der Waals surface area (Å²) < 4.78 is 13.8. The van der Waals surface area contributed by atoms with Gasteiger partial charge in [-0.25, -0.2) is 14.6 Å². The van der Waals surface area contributed by atoms with E-state index in [0.717, 1.165) is 42.1 Å². The lowest BCUT2D eigenvalue weighted by atomic mass is 10.0. The summed E-state index contributed by atoms with van der Waals surface area (Å²) in [5, 5.41) is 7.05. The molecule has 0 radical (unpaired) electrons. The lowest BCUT2D eigenvalue weighted by Crippen LogP contribution is -2.44. The van der Waals surface area contributed by atoms with Gasteiger partial charge in [0.1, 0.15) is 17.8 Å². The minimum atomic E-state index is -0.989. The minimum absolute atomic E-state index is 0.0704. The summed E-state index contributed by atoms with van der Waals surface area (Å²) in [5.41, 5.74) is 2.72. The summed E-state index contributed by atoms with van der Waals surface area (Å²) in [4.78, 5) is 51.4. The number of aryl methyl sites for hydroxylation is 1.